The Kier molecular flexibility index (Phi) is 15.7. The summed E-state index contributed by atoms with van der Waals surface area (Å²) in [5, 5.41) is 30.2. The number of hydrogen-bond donors (Lipinski definition) is 2. The van der Waals surface area contributed by atoms with Crippen LogP contribution in [0.5, 0.6) is 0 Å². The van der Waals surface area contributed by atoms with Crippen molar-refractivity contribution in [3.8, 4) is 0 Å². The van der Waals surface area contributed by atoms with Gasteiger partial charge >= 0.3 is 11.9 Å². The SMILES string of the molecule is CCCCCCCCCC/C=C/C[N+](CC(C)C(=O)[O-])(CC(C)C(=O)O)CC(C)C(=O)O. The number of carboxylic acid groups (broad SMARTS) is 3. The summed E-state index contributed by atoms with van der Waals surface area (Å²) in [6.45, 7) is 7.79. The van der Waals surface area contributed by atoms with Crippen molar-refractivity contribution >= 4 is 17.9 Å². The molecule has 0 aromatic carbocycles. The summed E-state index contributed by atoms with van der Waals surface area (Å²) in [7, 11) is 0. The van der Waals surface area contributed by atoms with Gasteiger partial charge in [-0.1, -0.05) is 64.9 Å². The normalized spacial score (nSPS) is 16.4. The van der Waals surface area contributed by atoms with Gasteiger partial charge in [-0.3, -0.25) is 9.59 Å². The molecule has 0 fully saturated rings. The van der Waals surface area contributed by atoms with Gasteiger partial charge < -0.3 is 24.6 Å². The maximum atomic E-state index is 11.5. The highest BCUT2D eigenvalue weighted by atomic mass is 16.4. The lowest BCUT2D eigenvalue weighted by Gasteiger charge is -2.42. The fourth-order valence-electron chi connectivity index (χ4n) is 4.23. The van der Waals surface area contributed by atoms with Crippen LogP contribution in [0.25, 0.3) is 0 Å². The van der Waals surface area contributed by atoms with Gasteiger partial charge in [0.1, 0.15) is 11.8 Å². The van der Waals surface area contributed by atoms with Gasteiger partial charge in [-0.2, -0.15) is 0 Å². The molecule has 0 aliphatic heterocycles. The van der Waals surface area contributed by atoms with Gasteiger partial charge in [0, 0.05) is 11.9 Å². The second-order valence-corrected chi connectivity index (χ2v) is 9.51. The minimum absolute atomic E-state index is 0.101. The molecule has 0 aliphatic rings. The smallest absolute Gasteiger partial charge is 0.311 e. The third-order valence-electron chi connectivity index (χ3n) is 6.11. The molecular weight excluding hydrogens is 410 g/mol. The molecule has 7 nitrogen and oxygen atoms in total. The van der Waals surface area contributed by atoms with E-state index in [1.807, 2.05) is 6.08 Å². The minimum atomic E-state index is -1.21. The number of nitrogens with zero attached hydrogens (tertiary/aromatic N) is 1. The number of carbonyl (C=O) groups excluding carboxylic acids is 1. The standard InChI is InChI=1S/C25H45NO6/c1-5-6-7-8-9-10-11-12-13-14-15-16-26(17-20(2)23(27)28,18-21(3)24(29)30)19-22(4)25(31)32/h14-15,20-22H,5-13,16-19H2,1-4H3,(H2-,27,28,29,30,31,32)/b15-14+. The van der Waals surface area contributed by atoms with Crippen LogP contribution in [0.2, 0.25) is 0 Å². The molecule has 0 spiro atoms. The Morgan fingerprint density at radius 3 is 1.62 bits per heavy atom. The van der Waals surface area contributed by atoms with Gasteiger partial charge in [0.05, 0.1) is 26.2 Å². The highest BCUT2D eigenvalue weighted by Gasteiger charge is 2.36. The van der Waals surface area contributed by atoms with Crippen LogP contribution in [0.1, 0.15) is 85.5 Å². The molecular formula is C25H45NO6. The minimum Gasteiger partial charge on any atom is -0.550 e. The van der Waals surface area contributed by atoms with Crippen LogP contribution in [0.3, 0.4) is 0 Å². The number of unbranched alkanes of at least 4 members (excludes halogenated alkanes) is 8. The molecule has 0 radical (unpaired) electrons. The summed E-state index contributed by atoms with van der Waals surface area (Å²) in [5.41, 5.74) is 0. The molecule has 0 saturated carbocycles. The molecule has 3 unspecified atom stereocenters. The number of carbonyl (C=O) groups is 3. The van der Waals surface area contributed by atoms with Crippen LogP contribution in [-0.4, -0.2) is 58.8 Å². The van der Waals surface area contributed by atoms with E-state index in [0.717, 1.165) is 12.8 Å². The maximum Gasteiger partial charge on any atom is 0.311 e. The van der Waals surface area contributed by atoms with Crippen LogP contribution < -0.4 is 5.11 Å². The predicted octanol–water partition coefficient (Wildman–Crippen LogP) is 3.72. The van der Waals surface area contributed by atoms with E-state index < -0.39 is 35.7 Å². The Labute approximate surface area is 194 Å². The van der Waals surface area contributed by atoms with Crippen LogP contribution in [0.15, 0.2) is 12.2 Å². The molecule has 0 bridgehead atoms. The Morgan fingerprint density at radius 2 is 1.19 bits per heavy atom. The highest BCUT2D eigenvalue weighted by Crippen LogP contribution is 2.20. The zero-order valence-electron chi connectivity index (χ0n) is 20.6. The Balaban J connectivity index is 5.06. The van der Waals surface area contributed by atoms with Crippen molar-refractivity contribution in [1.82, 2.24) is 0 Å². The first-order chi connectivity index (χ1) is 15.0. The van der Waals surface area contributed by atoms with E-state index in [2.05, 4.69) is 13.0 Å². The molecule has 3 atom stereocenters. The fourth-order valence-corrected chi connectivity index (χ4v) is 4.23. The van der Waals surface area contributed by atoms with Crippen molar-refractivity contribution in [3.63, 3.8) is 0 Å². The van der Waals surface area contributed by atoms with Crippen LogP contribution in [0, 0.1) is 17.8 Å². The van der Waals surface area contributed by atoms with E-state index in [-0.39, 0.29) is 24.1 Å². The zero-order chi connectivity index (χ0) is 24.6. The molecule has 0 aromatic rings. The molecule has 2 N–H and O–H groups in total. The van der Waals surface area contributed by atoms with Gasteiger partial charge in [0.15, 0.2) is 0 Å². The van der Waals surface area contributed by atoms with Crippen molar-refractivity contribution in [3.05, 3.63) is 12.2 Å². The van der Waals surface area contributed by atoms with E-state index >= 15 is 0 Å². The van der Waals surface area contributed by atoms with E-state index in [9.17, 15) is 29.7 Å². The molecule has 32 heavy (non-hydrogen) atoms. The third-order valence-corrected chi connectivity index (χ3v) is 6.11. The van der Waals surface area contributed by atoms with Crippen molar-refractivity contribution in [2.45, 2.75) is 85.5 Å². The fraction of sp³-hybridized carbons (Fsp3) is 0.800. The monoisotopic (exact) mass is 455 g/mol. The van der Waals surface area contributed by atoms with Crippen molar-refractivity contribution < 1.29 is 34.2 Å². The van der Waals surface area contributed by atoms with Crippen molar-refractivity contribution in [1.29, 1.82) is 0 Å². The van der Waals surface area contributed by atoms with Crippen molar-refractivity contribution in [2.24, 2.45) is 17.8 Å². The lowest BCUT2D eigenvalue weighted by atomic mass is 10.0. The van der Waals surface area contributed by atoms with Crippen LogP contribution in [0.4, 0.5) is 0 Å². The quantitative estimate of drug-likeness (QED) is 0.164. The largest absolute Gasteiger partial charge is 0.550 e. The predicted molar refractivity (Wildman–Crippen MR) is 124 cm³/mol. The number of aliphatic carboxylic acids is 3. The van der Waals surface area contributed by atoms with Gasteiger partial charge in [-0.25, -0.2) is 0 Å². The first kappa shape index (κ1) is 30.1. The zero-order valence-corrected chi connectivity index (χ0v) is 20.6. The average Bonchev–Trinajstić information content (AvgIpc) is 2.71. The summed E-state index contributed by atoms with van der Waals surface area (Å²) >= 11 is 0. The second-order valence-electron chi connectivity index (χ2n) is 9.51. The van der Waals surface area contributed by atoms with E-state index in [1.165, 1.54) is 51.9 Å². The lowest BCUT2D eigenvalue weighted by molar-refractivity contribution is -0.929. The van der Waals surface area contributed by atoms with Gasteiger partial charge in [0.2, 0.25) is 0 Å². The summed E-state index contributed by atoms with van der Waals surface area (Å²) in [4.78, 5) is 34.4. The third kappa shape index (κ3) is 13.5. The Hall–Kier alpha value is -1.89. The maximum absolute atomic E-state index is 11.5. The van der Waals surface area contributed by atoms with Gasteiger partial charge in [-0.15, -0.1) is 0 Å². The molecule has 0 heterocycles. The van der Waals surface area contributed by atoms with Crippen LogP contribution >= 0.6 is 0 Å². The lowest BCUT2D eigenvalue weighted by Crippen LogP contribution is -2.58. The number of rotatable bonds is 20. The number of carboxylic acids is 3. The molecule has 7 heteroatoms. The first-order valence-corrected chi connectivity index (χ1v) is 12.2. The Morgan fingerprint density at radius 1 is 0.750 bits per heavy atom. The van der Waals surface area contributed by atoms with Crippen molar-refractivity contribution in [2.75, 3.05) is 26.2 Å². The summed E-state index contributed by atoms with van der Waals surface area (Å²) in [6.07, 6.45) is 14.8. The molecule has 0 saturated heterocycles. The molecule has 0 aliphatic carbocycles. The van der Waals surface area contributed by atoms with Crippen LogP contribution in [-0.2, 0) is 14.4 Å². The summed E-state index contributed by atoms with van der Waals surface area (Å²) in [6, 6.07) is 0. The Bertz CT molecular complexity index is 534. The van der Waals surface area contributed by atoms with Gasteiger partial charge in [0.25, 0.3) is 0 Å². The molecule has 0 rings (SSSR count). The van der Waals surface area contributed by atoms with E-state index in [4.69, 9.17) is 0 Å². The highest BCUT2D eigenvalue weighted by molar-refractivity contribution is 5.70. The number of quaternary nitrogens is 1. The molecule has 0 amide bonds. The topological polar surface area (TPSA) is 115 Å². The number of hydrogen-bond acceptors (Lipinski definition) is 4. The van der Waals surface area contributed by atoms with E-state index in [1.54, 1.807) is 13.8 Å². The first-order valence-electron chi connectivity index (χ1n) is 12.2. The average molecular weight is 456 g/mol. The summed E-state index contributed by atoms with van der Waals surface area (Å²) in [5.74, 6) is -5.39. The second kappa shape index (κ2) is 16.7. The molecule has 0 aromatic heterocycles. The number of allylic oxidation sites excluding steroid dienone is 1. The molecule has 186 valence electrons. The van der Waals surface area contributed by atoms with Gasteiger partial charge in [-0.05, 0) is 32.8 Å². The summed E-state index contributed by atoms with van der Waals surface area (Å²) < 4.78 is 0.101. The van der Waals surface area contributed by atoms with E-state index in [0.29, 0.717) is 6.54 Å².